The topological polar surface area (TPSA) is 58.4 Å². The number of anilines is 1. The molecule has 0 aromatic heterocycles. The quantitative estimate of drug-likeness (QED) is 0.650. The number of amides is 1. The lowest BCUT2D eigenvalue weighted by atomic mass is 10.2. The van der Waals surface area contributed by atoms with Crippen LogP contribution in [-0.4, -0.2) is 42.2 Å². The molecular weight excluding hydrogens is 258 g/mol. The number of nitrogen functional groups attached to an aromatic ring is 1. The number of hydrogen-bond acceptors (Lipinski definition) is 4. The first-order valence-electron chi connectivity index (χ1n) is 6.60. The van der Waals surface area contributed by atoms with E-state index in [1.807, 2.05) is 36.9 Å². The first-order chi connectivity index (χ1) is 9.08. The van der Waals surface area contributed by atoms with Gasteiger partial charge in [0.25, 0.3) is 0 Å². The zero-order valence-corrected chi connectivity index (χ0v) is 12.3. The Hall–Kier alpha value is -1.20. The molecule has 0 spiro atoms. The molecule has 0 saturated carbocycles. The molecule has 0 radical (unpaired) electrons. The van der Waals surface area contributed by atoms with Crippen LogP contribution >= 0.6 is 11.8 Å². The van der Waals surface area contributed by atoms with Gasteiger partial charge < -0.3 is 16.0 Å². The van der Waals surface area contributed by atoms with Gasteiger partial charge in [0.2, 0.25) is 5.91 Å². The van der Waals surface area contributed by atoms with Crippen molar-refractivity contribution in [3.63, 3.8) is 0 Å². The molecule has 1 aromatic carbocycles. The summed E-state index contributed by atoms with van der Waals surface area (Å²) in [5, 5.41) is 3.19. The molecule has 1 atom stereocenters. The van der Waals surface area contributed by atoms with Gasteiger partial charge in [-0.25, -0.2) is 0 Å². The smallest absolute Gasteiger partial charge is 0.235 e. The monoisotopic (exact) mass is 279 g/mol. The molecule has 1 aromatic rings. The van der Waals surface area contributed by atoms with Crippen LogP contribution in [0.15, 0.2) is 23.1 Å². The Morgan fingerprint density at radius 3 is 2.79 bits per heavy atom. The summed E-state index contributed by atoms with van der Waals surface area (Å²) in [6.45, 7) is 7.40. The second-order valence-electron chi connectivity index (χ2n) is 4.86. The predicted octanol–water partition coefficient (Wildman–Crippen LogP) is 1.49. The molecule has 0 aliphatic carbocycles. The molecule has 2 rings (SSSR count). The van der Waals surface area contributed by atoms with Crippen molar-refractivity contribution in [1.29, 1.82) is 0 Å². The van der Waals surface area contributed by atoms with Crippen molar-refractivity contribution >= 4 is 23.4 Å². The molecule has 104 valence electrons. The maximum atomic E-state index is 12.3. The average Bonchev–Trinajstić information content (AvgIpc) is 2.43. The third kappa shape index (κ3) is 3.64. The Morgan fingerprint density at radius 1 is 1.42 bits per heavy atom. The van der Waals surface area contributed by atoms with Crippen LogP contribution in [0.4, 0.5) is 5.69 Å². The van der Waals surface area contributed by atoms with Crippen molar-refractivity contribution in [2.24, 2.45) is 0 Å². The van der Waals surface area contributed by atoms with Crippen LogP contribution in [0.25, 0.3) is 0 Å². The van der Waals surface area contributed by atoms with Crippen molar-refractivity contribution in [3.05, 3.63) is 23.8 Å². The standard InChI is InChI=1S/C14H21N3OS/c1-10-3-4-12(15)9-13(10)19-11(2)14(18)17-7-5-16-6-8-17/h3-4,9,11,16H,5-8,15H2,1-2H3. The minimum atomic E-state index is -0.0707. The summed E-state index contributed by atoms with van der Waals surface area (Å²) in [6.07, 6.45) is 0. The van der Waals surface area contributed by atoms with E-state index in [0.717, 1.165) is 36.8 Å². The maximum Gasteiger partial charge on any atom is 0.235 e. The summed E-state index contributed by atoms with van der Waals surface area (Å²) < 4.78 is 0. The zero-order valence-electron chi connectivity index (χ0n) is 11.5. The van der Waals surface area contributed by atoms with Crippen molar-refractivity contribution in [3.8, 4) is 0 Å². The molecule has 0 bridgehead atoms. The lowest BCUT2D eigenvalue weighted by molar-refractivity contribution is -0.130. The fourth-order valence-corrected chi connectivity index (χ4v) is 3.22. The van der Waals surface area contributed by atoms with Crippen LogP contribution in [-0.2, 0) is 4.79 Å². The van der Waals surface area contributed by atoms with Crippen LogP contribution in [0.3, 0.4) is 0 Å². The largest absolute Gasteiger partial charge is 0.399 e. The highest BCUT2D eigenvalue weighted by atomic mass is 32.2. The third-order valence-electron chi connectivity index (χ3n) is 3.29. The molecule has 5 heteroatoms. The molecule has 1 heterocycles. The Morgan fingerprint density at radius 2 is 2.11 bits per heavy atom. The number of carbonyl (C=O) groups is 1. The number of aryl methyl sites for hydroxylation is 1. The zero-order chi connectivity index (χ0) is 13.8. The molecule has 1 amide bonds. The summed E-state index contributed by atoms with van der Waals surface area (Å²) in [5.41, 5.74) is 7.72. The number of nitrogens with one attached hydrogen (secondary N) is 1. The molecule has 1 aliphatic heterocycles. The number of rotatable bonds is 3. The molecule has 4 nitrogen and oxygen atoms in total. The Balaban J connectivity index is 2.01. The van der Waals surface area contributed by atoms with Gasteiger partial charge in [0.15, 0.2) is 0 Å². The van der Waals surface area contributed by atoms with E-state index in [2.05, 4.69) is 5.32 Å². The number of piperazine rings is 1. The summed E-state index contributed by atoms with van der Waals surface area (Å²) in [7, 11) is 0. The van der Waals surface area contributed by atoms with E-state index < -0.39 is 0 Å². The SMILES string of the molecule is Cc1ccc(N)cc1SC(C)C(=O)N1CCNCC1. The minimum absolute atomic E-state index is 0.0707. The number of carbonyl (C=O) groups excluding carboxylic acids is 1. The molecular formula is C14H21N3OS. The lowest BCUT2D eigenvalue weighted by Crippen LogP contribution is -2.48. The first-order valence-corrected chi connectivity index (χ1v) is 7.48. The summed E-state index contributed by atoms with van der Waals surface area (Å²) in [4.78, 5) is 15.4. The number of hydrogen-bond donors (Lipinski definition) is 2. The van der Waals surface area contributed by atoms with Gasteiger partial charge in [0.05, 0.1) is 5.25 Å². The number of benzene rings is 1. The molecule has 1 fully saturated rings. The highest BCUT2D eigenvalue weighted by molar-refractivity contribution is 8.00. The van der Waals surface area contributed by atoms with E-state index >= 15 is 0 Å². The minimum Gasteiger partial charge on any atom is -0.399 e. The van der Waals surface area contributed by atoms with Gasteiger partial charge in [-0.05, 0) is 31.5 Å². The molecule has 1 unspecified atom stereocenters. The van der Waals surface area contributed by atoms with E-state index in [0.29, 0.717) is 0 Å². The van der Waals surface area contributed by atoms with Crippen LogP contribution in [0.5, 0.6) is 0 Å². The Bertz CT molecular complexity index is 458. The van der Waals surface area contributed by atoms with E-state index in [1.54, 1.807) is 11.8 Å². The normalized spacial score (nSPS) is 17.3. The summed E-state index contributed by atoms with van der Waals surface area (Å²) in [6, 6.07) is 5.84. The maximum absolute atomic E-state index is 12.3. The van der Waals surface area contributed by atoms with E-state index in [9.17, 15) is 4.79 Å². The van der Waals surface area contributed by atoms with E-state index in [1.165, 1.54) is 5.56 Å². The van der Waals surface area contributed by atoms with E-state index in [4.69, 9.17) is 5.73 Å². The third-order valence-corrected chi connectivity index (χ3v) is 4.54. The van der Waals surface area contributed by atoms with Gasteiger partial charge in [0.1, 0.15) is 0 Å². The second kappa shape index (κ2) is 6.30. The van der Waals surface area contributed by atoms with Crippen LogP contribution < -0.4 is 11.1 Å². The van der Waals surface area contributed by atoms with E-state index in [-0.39, 0.29) is 11.2 Å². The van der Waals surface area contributed by atoms with Crippen molar-refractivity contribution < 1.29 is 4.79 Å². The van der Waals surface area contributed by atoms with Crippen LogP contribution in [0, 0.1) is 6.92 Å². The van der Waals surface area contributed by atoms with Crippen LogP contribution in [0.1, 0.15) is 12.5 Å². The van der Waals surface area contributed by atoms with Gasteiger partial charge in [-0.3, -0.25) is 4.79 Å². The van der Waals surface area contributed by atoms with Gasteiger partial charge in [-0.15, -0.1) is 11.8 Å². The summed E-state index contributed by atoms with van der Waals surface area (Å²) >= 11 is 1.59. The lowest BCUT2D eigenvalue weighted by Gasteiger charge is -2.29. The molecule has 1 aliphatic rings. The molecule has 19 heavy (non-hydrogen) atoms. The van der Waals surface area contributed by atoms with Crippen molar-refractivity contribution in [2.45, 2.75) is 24.0 Å². The number of nitrogens with two attached hydrogens (primary N) is 1. The molecule has 3 N–H and O–H groups in total. The average molecular weight is 279 g/mol. The van der Waals surface area contributed by atoms with Crippen molar-refractivity contribution in [2.75, 3.05) is 31.9 Å². The second-order valence-corrected chi connectivity index (χ2v) is 6.24. The number of nitrogens with zero attached hydrogens (tertiary/aromatic N) is 1. The van der Waals surface area contributed by atoms with Gasteiger partial charge in [-0.1, -0.05) is 6.07 Å². The van der Waals surface area contributed by atoms with Gasteiger partial charge in [0, 0.05) is 36.8 Å². The fraction of sp³-hybridized carbons (Fsp3) is 0.500. The molecule has 1 saturated heterocycles. The first kappa shape index (κ1) is 14.2. The van der Waals surface area contributed by atoms with Gasteiger partial charge in [-0.2, -0.15) is 0 Å². The Labute approximate surface area is 118 Å². The highest BCUT2D eigenvalue weighted by Gasteiger charge is 2.23. The fourth-order valence-electron chi connectivity index (χ4n) is 2.13. The Kier molecular flexibility index (Phi) is 4.71. The predicted molar refractivity (Wildman–Crippen MR) is 80.4 cm³/mol. The van der Waals surface area contributed by atoms with Gasteiger partial charge >= 0.3 is 0 Å². The summed E-state index contributed by atoms with van der Waals surface area (Å²) in [5.74, 6) is 0.216. The van der Waals surface area contributed by atoms with Crippen molar-refractivity contribution in [1.82, 2.24) is 10.2 Å². The highest BCUT2D eigenvalue weighted by Crippen LogP contribution is 2.29. The number of thioether (sulfide) groups is 1. The van der Waals surface area contributed by atoms with Crippen LogP contribution in [0.2, 0.25) is 0 Å².